The number of esters is 1. The fourth-order valence-corrected chi connectivity index (χ4v) is 2.82. The zero-order valence-electron chi connectivity index (χ0n) is 16.5. The highest BCUT2D eigenvalue weighted by Gasteiger charge is 2.06. The van der Waals surface area contributed by atoms with Gasteiger partial charge in [-0.3, -0.25) is 4.79 Å². The van der Waals surface area contributed by atoms with E-state index >= 15 is 0 Å². The molecule has 0 radical (unpaired) electrons. The Labute approximate surface area is 154 Å². The van der Waals surface area contributed by atoms with E-state index in [0.717, 1.165) is 12.8 Å². The van der Waals surface area contributed by atoms with Gasteiger partial charge in [0, 0.05) is 17.9 Å². The van der Waals surface area contributed by atoms with Gasteiger partial charge in [0.2, 0.25) is 0 Å². The van der Waals surface area contributed by atoms with Crippen molar-refractivity contribution < 1.29 is 9.53 Å². The lowest BCUT2D eigenvalue weighted by atomic mass is 10.0. The number of hydrogen-bond acceptors (Lipinski definition) is 3. The van der Waals surface area contributed by atoms with Crippen LogP contribution in [0.4, 0.5) is 0 Å². The Balaban J connectivity index is 3.24. The summed E-state index contributed by atoms with van der Waals surface area (Å²) in [5, 5.41) is 3.48. The highest BCUT2D eigenvalue weighted by molar-refractivity contribution is 5.69. The van der Waals surface area contributed by atoms with Gasteiger partial charge in [-0.2, -0.15) is 0 Å². The summed E-state index contributed by atoms with van der Waals surface area (Å²) >= 11 is 0. The average Bonchev–Trinajstić information content (AvgIpc) is 2.62. The molecule has 1 atom stereocenters. The first kappa shape index (κ1) is 23.8. The molecule has 0 N–H and O–H groups in total. The van der Waals surface area contributed by atoms with E-state index in [1.807, 2.05) is 6.92 Å². The minimum absolute atomic E-state index is 0.0893. The number of ether oxygens (including phenoxy) is 1. The fourth-order valence-electron chi connectivity index (χ4n) is 2.82. The van der Waals surface area contributed by atoms with Crippen LogP contribution in [-0.4, -0.2) is 19.1 Å². The molecule has 0 bridgehead atoms. The Hall–Kier alpha value is -1.22. The van der Waals surface area contributed by atoms with Crippen molar-refractivity contribution in [3.63, 3.8) is 0 Å². The molecule has 0 fully saturated rings. The molecule has 0 unspecified atom stereocenters. The third-order valence-corrected chi connectivity index (χ3v) is 4.47. The second-order valence-corrected chi connectivity index (χ2v) is 7.19. The van der Waals surface area contributed by atoms with Crippen LogP contribution in [0.3, 0.4) is 0 Å². The number of carbonyl (C=O) groups excluding carboxylic acids is 1. The van der Waals surface area contributed by atoms with Gasteiger partial charge >= 0.3 is 5.97 Å². The highest BCUT2D eigenvalue weighted by atomic mass is 16.5. The third-order valence-electron chi connectivity index (χ3n) is 4.47. The summed E-state index contributed by atoms with van der Waals surface area (Å²) in [7, 11) is 0. The summed E-state index contributed by atoms with van der Waals surface area (Å²) in [6, 6.07) is 0. The molecular formula is C20H39N3O2. The number of carbonyl (C=O) groups is 1. The number of azide groups is 1. The standard InChI is InChI=1S/C20H39N3O2/c1-3-4-5-6-7-8-9-10-11-12-13-14-15-16-20(24)25-18-19(2)17-22-23-21/h19H,3-18H2,1-2H3/t19-/m0/s1. The smallest absolute Gasteiger partial charge is 0.305 e. The minimum atomic E-state index is -0.129. The molecule has 5 nitrogen and oxygen atoms in total. The lowest BCUT2D eigenvalue weighted by Crippen LogP contribution is -2.13. The van der Waals surface area contributed by atoms with Crippen molar-refractivity contribution in [2.24, 2.45) is 11.0 Å². The molecule has 0 aromatic rings. The molecule has 146 valence electrons. The van der Waals surface area contributed by atoms with Gasteiger partial charge in [-0.05, 0) is 17.9 Å². The van der Waals surface area contributed by atoms with Crippen LogP contribution in [-0.2, 0) is 9.53 Å². The van der Waals surface area contributed by atoms with E-state index in [1.165, 1.54) is 70.6 Å². The Bertz CT molecular complexity index is 355. The molecule has 25 heavy (non-hydrogen) atoms. The highest BCUT2D eigenvalue weighted by Crippen LogP contribution is 2.13. The maximum Gasteiger partial charge on any atom is 0.305 e. The van der Waals surface area contributed by atoms with Gasteiger partial charge in [0.15, 0.2) is 0 Å². The van der Waals surface area contributed by atoms with Crippen molar-refractivity contribution in [3.8, 4) is 0 Å². The number of hydrogen-bond donors (Lipinski definition) is 0. The Morgan fingerprint density at radius 2 is 1.40 bits per heavy atom. The SMILES string of the molecule is CCCCCCCCCCCCCCCC(=O)OC[C@@H](C)CN=[N+]=[N-]. The number of unbranched alkanes of at least 4 members (excludes halogenated alkanes) is 12. The average molecular weight is 354 g/mol. The number of nitrogens with zero attached hydrogens (tertiary/aromatic N) is 3. The molecule has 0 aliphatic heterocycles. The zero-order valence-corrected chi connectivity index (χ0v) is 16.5. The molecular weight excluding hydrogens is 314 g/mol. The van der Waals surface area contributed by atoms with Crippen molar-refractivity contribution in [1.29, 1.82) is 0 Å². The van der Waals surface area contributed by atoms with Crippen molar-refractivity contribution in [2.45, 2.75) is 104 Å². The van der Waals surface area contributed by atoms with E-state index < -0.39 is 0 Å². The summed E-state index contributed by atoms with van der Waals surface area (Å²) in [5.74, 6) is -0.0395. The predicted octanol–water partition coefficient (Wildman–Crippen LogP) is 6.96. The Morgan fingerprint density at radius 1 is 0.920 bits per heavy atom. The molecule has 0 saturated heterocycles. The van der Waals surface area contributed by atoms with Crippen molar-refractivity contribution >= 4 is 5.97 Å². The monoisotopic (exact) mass is 353 g/mol. The van der Waals surface area contributed by atoms with E-state index in [9.17, 15) is 4.79 Å². The summed E-state index contributed by atoms with van der Waals surface area (Å²) in [5.41, 5.74) is 8.23. The van der Waals surface area contributed by atoms with E-state index in [1.54, 1.807) is 0 Å². The Morgan fingerprint density at radius 3 is 1.88 bits per heavy atom. The largest absolute Gasteiger partial charge is 0.465 e. The molecule has 0 rings (SSSR count). The van der Waals surface area contributed by atoms with Crippen LogP contribution >= 0.6 is 0 Å². The van der Waals surface area contributed by atoms with Crippen LogP contribution < -0.4 is 0 Å². The van der Waals surface area contributed by atoms with Crippen LogP contribution in [0.5, 0.6) is 0 Å². The quantitative estimate of drug-likeness (QED) is 0.0878. The van der Waals surface area contributed by atoms with Gasteiger partial charge in [-0.1, -0.05) is 96.0 Å². The second kappa shape index (κ2) is 19.1. The molecule has 0 aliphatic rings. The van der Waals surface area contributed by atoms with Crippen molar-refractivity contribution in [1.82, 2.24) is 0 Å². The first-order valence-electron chi connectivity index (χ1n) is 10.4. The van der Waals surface area contributed by atoms with E-state index in [-0.39, 0.29) is 11.9 Å². The molecule has 5 heteroatoms. The van der Waals surface area contributed by atoms with Crippen LogP contribution in [0, 0.1) is 5.92 Å². The number of rotatable bonds is 18. The molecule has 0 aromatic heterocycles. The minimum Gasteiger partial charge on any atom is -0.465 e. The lowest BCUT2D eigenvalue weighted by molar-refractivity contribution is -0.144. The van der Waals surface area contributed by atoms with E-state index in [4.69, 9.17) is 10.3 Å². The summed E-state index contributed by atoms with van der Waals surface area (Å²) in [6.07, 6.45) is 17.5. The van der Waals surface area contributed by atoms with Gasteiger partial charge in [-0.25, -0.2) is 0 Å². The molecule has 0 heterocycles. The van der Waals surface area contributed by atoms with Crippen molar-refractivity contribution in [3.05, 3.63) is 10.4 Å². The van der Waals surface area contributed by atoms with E-state index in [0.29, 0.717) is 19.6 Å². The Kier molecular flexibility index (Phi) is 18.2. The maximum atomic E-state index is 11.6. The molecule has 0 spiro atoms. The van der Waals surface area contributed by atoms with Crippen LogP contribution in [0.15, 0.2) is 5.11 Å². The first-order valence-corrected chi connectivity index (χ1v) is 10.4. The topological polar surface area (TPSA) is 75.1 Å². The van der Waals surface area contributed by atoms with Crippen LogP contribution in [0.25, 0.3) is 10.4 Å². The van der Waals surface area contributed by atoms with Crippen LogP contribution in [0.2, 0.25) is 0 Å². The summed E-state index contributed by atoms with van der Waals surface area (Å²) in [4.78, 5) is 14.3. The fraction of sp³-hybridized carbons (Fsp3) is 0.950. The lowest BCUT2D eigenvalue weighted by Gasteiger charge is -2.09. The normalized spacial score (nSPS) is 11.8. The zero-order chi connectivity index (χ0) is 18.6. The van der Waals surface area contributed by atoms with Gasteiger partial charge in [0.25, 0.3) is 0 Å². The van der Waals surface area contributed by atoms with Gasteiger partial charge in [-0.15, -0.1) is 0 Å². The summed E-state index contributed by atoms with van der Waals surface area (Å²) < 4.78 is 5.19. The molecule has 0 saturated carbocycles. The van der Waals surface area contributed by atoms with Crippen LogP contribution in [0.1, 0.15) is 104 Å². The van der Waals surface area contributed by atoms with Gasteiger partial charge in [0.1, 0.15) is 0 Å². The second-order valence-electron chi connectivity index (χ2n) is 7.19. The maximum absolute atomic E-state index is 11.6. The molecule has 0 aromatic carbocycles. The first-order chi connectivity index (χ1) is 12.2. The van der Waals surface area contributed by atoms with E-state index in [2.05, 4.69) is 16.9 Å². The third kappa shape index (κ3) is 19.0. The van der Waals surface area contributed by atoms with Gasteiger partial charge < -0.3 is 4.74 Å². The predicted molar refractivity (Wildman–Crippen MR) is 104 cm³/mol. The molecule has 0 amide bonds. The van der Waals surface area contributed by atoms with Crippen molar-refractivity contribution in [2.75, 3.05) is 13.2 Å². The summed E-state index contributed by atoms with van der Waals surface area (Å²) in [6.45, 7) is 4.89. The molecule has 0 aliphatic carbocycles. The van der Waals surface area contributed by atoms with Gasteiger partial charge in [0.05, 0.1) is 6.61 Å².